The smallest absolute Gasteiger partial charge is 0.254 e. The quantitative estimate of drug-likeness (QED) is 0.927. The van der Waals surface area contributed by atoms with Crippen LogP contribution in [-0.2, 0) is 0 Å². The van der Waals surface area contributed by atoms with E-state index < -0.39 is 0 Å². The Morgan fingerprint density at radius 3 is 3.05 bits per heavy atom. The van der Waals surface area contributed by atoms with Crippen molar-refractivity contribution < 1.29 is 4.79 Å². The van der Waals surface area contributed by atoms with E-state index in [-0.39, 0.29) is 5.91 Å². The Balaban J connectivity index is 1.84. The molecule has 20 heavy (non-hydrogen) atoms. The number of carbonyl (C=O) groups is 1. The third kappa shape index (κ3) is 2.51. The molecule has 1 N–H and O–H groups in total. The maximum absolute atomic E-state index is 12.6. The zero-order chi connectivity index (χ0) is 13.9. The molecule has 2 aromatic rings. The van der Waals surface area contributed by atoms with Crippen LogP contribution in [-0.4, -0.2) is 42.0 Å². The van der Waals surface area contributed by atoms with Gasteiger partial charge in [0.15, 0.2) is 0 Å². The van der Waals surface area contributed by atoms with E-state index in [0.717, 1.165) is 36.0 Å². The molecule has 1 aromatic heterocycles. The molecule has 1 saturated heterocycles. The molecule has 0 saturated carbocycles. The number of rotatable bonds is 3. The van der Waals surface area contributed by atoms with Gasteiger partial charge in [-0.3, -0.25) is 9.78 Å². The van der Waals surface area contributed by atoms with E-state index in [0.29, 0.717) is 6.04 Å². The molecule has 4 nitrogen and oxygen atoms in total. The number of hydrogen-bond acceptors (Lipinski definition) is 3. The van der Waals surface area contributed by atoms with Crippen LogP contribution in [0.2, 0.25) is 0 Å². The van der Waals surface area contributed by atoms with Gasteiger partial charge in [-0.05, 0) is 31.5 Å². The summed E-state index contributed by atoms with van der Waals surface area (Å²) in [7, 11) is 1.87. The minimum Gasteiger partial charge on any atom is -0.340 e. The number of hydrogen-bond donors (Lipinski definition) is 1. The normalized spacial score (nSPS) is 18.4. The summed E-state index contributed by atoms with van der Waals surface area (Å²) in [6, 6.07) is 10.0. The maximum Gasteiger partial charge on any atom is 0.254 e. The SMILES string of the molecule is CN(CC1CCCN1)C(=O)c1ccnc2ccccc12. The van der Waals surface area contributed by atoms with Crippen molar-refractivity contribution in [1.82, 2.24) is 15.2 Å². The Morgan fingerprint density at radius 1 is 1.40 bits per heavy atom. The van der Waals surface area contributed by atoms with Gasteiger partial charge in [-0.2, -0.15) is 0 Å². The molecule has 1 aromatic carbocycles. The van der Waals surface area contributed by atoms with Gasteiger partial charge < -0.3 is 10.2 Å². The summed E-state index contributed by atoms with van der Waals surface area (Å²) in [5.74, 6) is 0.0669. The Morgan fingerprint density at radius 2 is 2.25 bits per heavy atom. The van der Waals surface area contributed by atoms with Gasteiger partial charge in [0.2, 0.25) is 0 Å². The van der Waals surface area contributed by atoms with Crippen molar-refractivity contribution in [2.75, 3.05) is 20.1 Å². The molecule has 3 rings (SSSR count). The summed E-state index contributed by atoms with van der Waals surface area (Å²) >= 11 is 0. The largest absolute Gasteiger partial charge is 0.340 e. The Hall–Kier alpha value is -1.94. The zero-order valence-corrected chi connectivity index (χ0v) is 11.7. The number of para-hydroxylation sites is 1. The third-order valence-electron chi connectivity index (χ3n) is 3.88. The van der Waals surface area contributed by atoms with Crippen molar-refractivity contribution >= 4 is 16.8 Å². The minimum absolute atomic E-state index is 0.0669. The molecule has 1 unspecified atom stereocenters. The summed E-state index contributed by atoms with van der Waals surface area (Å²) < 4.78 is 0. The predicted molar refractivity (Wildman–Crippen MR) is 79.7 cm³/mol. The average molecular weight is 269 g/mol. The molecule has 1 aliphatic heterocycles. The van der Waals surface area contributed by atoms with Gasteiger partial charge >= 0.3 is 0 Å². The van der Waals surface area contributed by atoms with Crippen LogP contribution >= 0.6 is 0 Å². The molecule has 0 radical (unpaired) electrons. The Bertz CT molecular complexity index is 615. The molecule has 2 heterocycles. The summed E-state index contributed by atoms with van der Waals surface area (Å²) in [4.78, 5) is 18.7. The van der Waals surface area contributed by atoms with Gasteiger partial charge in [0.25, 0.3) is 5.91 Å². The van der Waals surface area contributed by atoms with E-state index in [9.17, 15) is 4.79 Å². The van der Waals surface area contributed by atoms with E-state index in [1.165, 1.54) is 6.42 Å². The molecule has 1 amide bonds. The maximum atomic E-state index is 12.6. The number of amides is 1. The van der Waals surface area contributed by atoms with Crippen molar-refractivity contribution in [2.45, 2.75) is 18.9 Å². The second-order valence-electron chi connectivity index (χ2n) is 5.35. The van der Waals surface area contributed by atoms with Crippen LogP contribution in [0.5, 0.6) is 0 Å². The molecule has 0 bridgehead atoms. The van der Waals surface area contributed by atoms with Crippen LogP contribution in [0, 0.1) is 0 Å². The first-order chi connectivity index (χ1) is 9.75. The minimum atomic E-state index is 0.0669. The molecule has 0 aliphatic carbocycles. The summed E-state index contributed by atoms with van der Waals surface area (Å²) in [6.45, 7) is 1.82. The first-order valence-electron chi connectivity index (χ1n) is 7.08. The van der Waals surface area contributed by atoms with Crippen LogP contribution in [0.25, 0.3) is 10.9 Å². The number of carbonyl (C=O) groups excluding carboxylic acids is 1. The lowest BCUT2D eigenvalue weighted by atomic mass is 10.1. The molecule has 1 atom stereocenters. The van der Waals surface area contributed by atoms with Crippen LogP contribution in [0.3, 0.4) is 0 Å². The van der Waals surface area contributed by atoms with E-state index in [1.54, 1.807) is 6.20 Å². The lowest BCUT2D eigenvalue weighted by Gasteiger charge is -2.22. The van der Waals surface area contributed by atoms with Crippen LogP contribution in [0.1, 0.15) is 23.2 Å². The summed E-state index contributed by atoms with van der Waals surface area (Å²) in [5.41, 5.74) is 1.60. The number of benzene rings is 1. The molecular weight excluding hydrogens is 250 g/mol. The van der Waals surface area contributed by atoms with E-state index in [1.807, 2.05) is 42.3 Å². The number of pyridine rings is 1. The van der Waals surface area contributed by atoms with Crippen molar-refractivity contribution in [2.24, 2.45) is 0 Å². The van der Waals surface area contributed by atoms with Gasteiger partial charge in [-0.15, -0.1) is 0 Å². The zero-order valence-electron chi connectivity index (χ0n) is 11.7. The average Bonchev–Trinajstić information content (AvgIpc) is 2.99. The fraction of sp³-hybridized carbons (Fsp3) is 0.375. The van der Waals surface area contributed by atoms with Gasteiger partial charge in [-0.1, -0.05) is 18.2 Å². The van der Waals surface area contributed by atoms with Crippen molar-refractivity contribution in [3.8, 4) is 0 Å². The fourth-order valence-corrected chi connectivity index (χ4v) is 2.81. The second-order valence-corrected chi connectivity index (χ2v) is 5.35. The molecular formula is C16H19N3O. The number of aromatic nitrogens is 1. The molecule has 1 aliphatic rings. The number of fused-ring (bicyclic) bond motifs is 1. The van der Waals surface area contributed by atoms with E-state index in [4.69, 9.17) is 0 Å². The highest BCUT2D eigenvalue weighted by Gasteiger charge is 2.20. The van der Waals surface area contributed by atoms with Crippen molar-refractivity contribution in [1.29, 1.82) is 0 Å². The number of nitrogens with zero attached hydrogens (tertiary/aromatic N) is 2. The van der Waals surface area contributed by atoms with Gasteiger partial charge in [0.05, 0.1) is 11.1 Å². The fourth-order valence-electron chi connectivity index (χ4n) is 2.81. The highest BCUT2D eigenvalue weighted by atomic mass is 16.2. The van der Waals surface area contributed by atoms with Crippen LogP contribution in [0.4, 0.5) is 0 Å². The highest BCUT2D eigenvalue weighted by Crippen LogP contribution is 2.18. The molecule has 1 fully saturated rings. The lowest BCUT2D eigenvalue weighted by Crippen LogP contribution is -2.38. The Kier molecular flexibility index (Phi) is 3.65. The summed E-state index contributed by atoms with van der Waals surface area (Å²) in [6.07, 6.45) is 4.05. The third-order valence-corrected chi connectivity index (χ3v) is 3.88. The molecule has 4 heteroatoms. The van der Waals surface area contributed by atoms with Gasteiger partial charge in [0.1, 0.15) is 0 Å². The summed E-state index contributed by atoms with van der Waals surface area (Å²) in [5, 5.41) is 4.35. The predicted octanol–water partition coefficient (Wildman–Crippen LogP) is 2.06. The van der Waals surface area contributed by atoms with Gasteiger partial charge in [-0.25, -0.2) is 0 Å². The highest BCUT2D eigenvalue weighted by molar-refractivity contribution is 6.05. The monoisotopic (exact) mass is 269 g/mol. The molecule has 0 spiro atoms. The Labute approximate surface area is 118 Å². The standard InChI is InChI=1S/C16H19N3O/c1-19(11-12-5-4-9-17-12)16(20)14-8-10-18-15-7-3-2-6-13(14)15/h2-3,6-8,10,12,17H,4-5,9,11H2,1H3. The van der Waals surface area contributed by atoms with Crippen LogP contribution in [0.15, 0.2) is 36.5 Å². The van der Waals surface area contributed by atoms with E-state index >= 15 is 0 Å². The van der Waals surface area contributed by atoms with Crippen molar-refractivity contribution in [3.05, 3.63) is 42.1 Å². The lowest BCUT2D eigenvalue weighted by molar-refractivity contribution is 0.0785. The van der Waals surface area contributed by atoms with E-state index in [2.05, 4.69) is 10.3 Å². The second kappa shape index (κ2) is 5.59. The topological polar surface area (TPSA) is 45.2 Å². The van der Waals surface area contributed by atoms with Gasteiger partial charge in [0, 0.05) is 31.2 Å². The van der Waals surface area contributed by atoms with Crippen molar-refractivity contribution in [3.63, 3.8) is 0 Å². The number of likely N-dealkylation sites (N-methyl/N-ethyl adjacent to an activating group) is 1. The first-order valence-corrected chi connectivity index (χ1v) is 7.08. The first kappa shape index (κ1) is 13.1. The van der Waals surface area contributed by atoms with Crippen LogP contribution < -0.4 is 5.32 Å². The molecule has 104 valence electrons. The number of nitrogens with one attached hydrogen (secondary N) is 1.